The third-order valence-electron chi connectivity index (χ3n) is 7.34. The van der Waals surface area contributed by atoms with Gasteiger partial charge in [-0.05, 0) is 44.8 Å². The maximum atomic E-state index is 12.7. The Morgan fingerprint density at radius 2 is 1.90 bits per heavy atom. The van der Waals surface area contributed by atoms with Crippen LogP contribution in [0.4, 0.5) is 0 Å². The van der Waals surface area contributed by atoms with Gasteiger partial charge in [0.2, 0.25) is 0 Å². The molecule has 8 unspecified atom stereocenters. The Kier molecular flexibility index (Phi) is 5.78. The number of hydrogen-bond donors (Lipinski definition) is 3. The van der Waals surface area contributed by atoms with E-state index in [9.17, 15) is 29.7 Å². The molecule has 2 aliphatic carbocycles. The van der Waals surface area contributed by atoms with E-state index in [1.54, 1.807) is 27.7 Å². The number of rotatable bonds is 4. The molecule has 3 N–H and O–H groups in total. The molecule has 2 fully saturated rings. The largest absolute Gasteiger partial charge is 0.459 e. The fraction of sp³-hybridized carbons (Fsp3) is 0.773. The molecule has 3 rings (SSSR count). The van der Waals surface area contributed by atoms with Gasteiger partial charge in [-0.25, -0.2) is 4.79 Å². The van der Waals surface area contributed by atoms with Crippen LogP contribution in [-0.2, 0) is 28.6 Å². The summed E-state index contributed by atoms with van der Waals surface area (Å²) < 4.78 is 16.8. The van der Waals surface area contributed by atoms with Crippen LogP contribution in [-0.4, -0.2) is 68.3 Å². The summed E-state index contributed by atoms with van der Waals surface area (Å²) in [6.07, 6.45) is -3.22. The second kappa shape index (κ2) is 7.56. The molecule has 0 aromatic heterocycles. The Hall–Kier alpha value is -1.97. The van der Waals surface area contributed by atoms with Gasteiger partial charge < -0.3 is 29.5 Å². The first-order valence-electron chi connectivity index (χ1n) is 10.6. The molecular formula is C22H32O9. The summed E-state index contributed by atoms with van der Waals surface area (Å²) in [4.78, 5) is 37.2. The molecule has 0 aromatic rings. The summed E-state index contributed by atoms with van der Waals surface area (Å²) >= 11 is 0. The molecule has 9 heteroatoms. The lowest BCUT2D eigenvalue weighted by atomic mass is 9.75. The maximum absolute atomic E-state index is 12.7. The molecule has 1 heterocycles. The normalized spacial score (nSPS) is 42.9. The van der Waals surface area contributed by atoms with Gasteiger partial charge >= 0.3 is 17.9 Å². The van der Waals surface area contributed by atoms with Crippen LogP contribution in [0.25, 0.3) is 0 Å². The fourth-order valence-electron chi connectivity index (χ4n) is 5.14. The highest BCUT2D eigenvalue weighted by atomic mass is 16.6. The monoisotopic (exact) mass is 440 g/mol. The van der Waals surface area contributed by atoms with Gasteiger partial charge in [0.15, 0.2) is 17.3 Å². The third kappa shape index (κ3) is 3.37. The van der Waals surface area contributed by atoms with Gasteiger partial charge in [-0.2, -0.15) is 0 Å². The average molecular weight is 440 g/mol. The molecule has 1 saturated carbocycles. The van der Waals surface area contributed by atoms with Gasteiger partial charge in [0.05, 0.1) is 12.0 Å². The summed E-state index contributed by atoms with van der Waals surface area (Å²) in [5.41, 5.74) is -5.18. The number of ether oxygens (including phenoxy) is 3. The van der Waals surface area contributed by atoms with Gasteiger partial charge in [0, 0.05) is 19.3 Å². The zero-order valence-electron chi connectivity index (χ0n) is 18.8. The third-order valence-corrected chi connectivity index (χ3v) is 7.34. The van der Waals surface area contributed by atoms with Crippen molar-refractivity contribution in [3.63, 3.8) is 0 Å². The van der Waals surface area contributed by atoms with Crippen molar-refractivity contribution in [2.75, 3.05) is 0 Å². The average Bonchev–Trinajstić information content (AvgIpc) is 3.03. The van der Waals surface area contributed by atoms with Crippen molar-refractivity contribution in [1.82, 2.24) is 0 Å². The highest BCUT2D eigenvalue weighted by molar-refractivity contribution is 5.85. The Morgan fingerprint density at radius 3 is 2.45 bits per heavy atom. The summed E-state index contributed by atoms with van der Waals surface area (Å²) in [5, 5.41) is 33.4. The van der Waals surface area contributed by atoms with E-state index in [0.29, 0.717) is 17.6 Å². The summed E-state index contributed by atoms with van der Waals surface area (Å²) in [6.45, 7) is 9.10. The van der Waals surface area contributed by atoms with E-state index < -0.39 is 64.9 Å². The van der Waals surface area contributed by atoms with Crippen LogP contribution < -0.4 is 0 Å². The van der Waals surface area contributed by atoms with Crippen molar-refractivity contribution < 1.29 is 43.9 Å². The second-order valence-electron chi connectivity index (χ2n) is 9.47. The van der Waals surface area contributed by atoms with Crippen LogP contribution in [0.1, 0.15) is 60.8 Å². The van der Waals surface area contributed by atoms with Gasteiger partial charge in [-0.3, -0.25) is 9.59 Å². The maximum Gasteiger partial charge on any atom is 0.341 e. The van der Waals surface area contributed by atoms with Crippen molar-refractivity contribution in [1.29, 1.82) is 0 Å². The summed E-state index contributed by atoms with van der Waals surface area (Å²) in [7, 11) is 0. The van der Waals surface area contributed by atoms with E-state index in [2.05, 4.69) is 0 Å². The van der Waals surface area contributed by atoms with E-state index in [1.165, 1.54) is 6.92 Å². The first kappa shape index (κ1) is 23.7. The van der Waals surface area contributed by atoms with Gasteiger partial charge in [0.1, 0.15) is 11.7 Å². The Morgan fingerprint density at radius 1 is 1.29 bits per heavy atom. The predicted octanol–water partition coefficient (Wildman–Crippen LogP) is 0.775. The molecule has 0 aromatic carbocycles. The number of aliphatic hydroxyl groups excluding tert-OH is 1. The number of aliphatic hydroxyl groups is 3. The lowest BCUT2D eigenvalue weighted by Gasteiger charge is -2.41. The van der Waals surface area contributed by atoms with E-state index >= 15 is 0 Å². The molecule has 8 atom stereocenters. The Labute approximate surface area is 181 Å². The van der Waals surface area contributed by atoms with Crippen LogP contribution in [0.3, 0.4) is 0 Å². The first-order valence-corrected chi connectivity index (χ1v) is 10.6. The molecule has 31 heavy (non-hydrogen) atoms. The van der Waals surface area contributed by atoms with Gasteiger partial charge in [0.25, 0.3) is 0 Å². The highest BCUT2D eigenvalue weighted by Gasteiger charge is 2.74. The fourth-order valence-corrected chi connectivity index (χ4v) is 5.14. The van der Waals surface area contributed by atoms with Crippen molar-refractivity contribution >= 4 is 17.9 Å². The molecule has 0 bridgehead atoms. The SMILES string of the molecule is CCC(C)C(=O)OC1CC(C)(OC(C)=O)C2CC(O)C(C)=C2C2OC(=O)C(C)(O)C12O. The number of hydrogen-bond acceptors (Lipinski definition) is 9. The lowest BCUT2D eigenvalue weighted by Crippen LogP contribution is -2.64. The molecule has 3 aliphatic rings. The van der Waals surface area contributed by atoms with Gasteiger partial charge in [-0.1, -0.05) is 13.8 Å². The minimum atomic E-state index is -2.40. The van der Waals surface area contributed by atoms with Crippen LogP contribution >= 0.6 is 0 Å². The molecule has 174 valence electrons. The van der Waals surface area contributed by atoms with Crippen molar-refractivity contribution in [2.24, 2.45) is 11.8 Å². The van der Waals surface area contributed by atoms with Crippen LogP contribution in [0.5, 0.6) is 0 Å². The number of fused-ring (bicyclic) bond motifs is 3. The first-order chi connectivity index (χ1) is 14.2. The summed E-state index contributed by atoms with van der Waals surface area (Å²) in [6, 6.07) is 0. The topological polar surface area (TPSA) is 140 Å². The zero-order valence-corrected chi connectivity index (χ0v) is 18.8. The van der Waals surface area contributed by atoms with E-state index in [1.807, 2.05) is 0 Å². The number of esters is 3. The molecule has 9 nitrogen and oxygen atoms in total. The Bertz CT molecular complexity index is 831. The predicted molar refractivity (Wildman–Crippen MR) is 106 cm³/mol. The lowest BCUT2D eigenvalue weighted by molar-refractivity contribution is -0.212. The minimum absolute atomic E-state index is 0.170. The number of carbonyl (C=O) groups is 3. The van der Waals surface area contributed by atoms with Crippen molar-refractivity contribution in [3.05, 3.63) is 11.1 Å². The minimum Gasteiger partial charge on any atom is -0.459 e. The quantitative estimate of drug-likeness (QED) is 0.328. The van der Waals surface area contributed by atoms with Gasteiger partial charge in [-0.15, -0.1) is 0 Å². The van der Waals surface area contributed by atoms with Crippen molar-refractivity contribution in [2.45, 2.75) is 95.9 Å². The van der Waals surface area contributed by atoms with Crippen LogP contribution in [0, 0.1) is 11.8 Å². The summed E-state index contributed by atoms with van der Waals surface area (Å²) in [5.74, 6) is -3.36. The standard InChI is InChI=1S/C22H32O9/c1-7-10(2)18(25)29-15-9-20(5,31-12(4)23)13-8-14(24)11(3)16(13)17-22(15,28)21(6,27)19(26)30-17/h10,13-15,17,24,27-28H,7-9H2,1-6H3. The molecule has 0 spiro atoms. The van der Waals surface area contributed by atoms with Crippen LogP contribution in [0.15, 0.2) is 11.1 Å². The molecule has 0 amide bonds. The second-order valence-corrected chi connectivity index (χ2v) is 9.47. The van der Waals surface area contributed by atoms with Crippen LogP contribution in [0.2, 0.25) is 0 Å². The highest BCUT2D eigenvalue weighted by Crippen LogP contribution is 2.56. The molecule has 1 saturated heterocycles. The molecule has 0 radical (unpaired) electrons. The smallest absolute Gasteiger partial charge is 0.341 e. The van der Waals surface area contributed by atoms with E-state index in [0.717, 1.165) is 6.92 Å². The molecular weight excluding hydrogens is 408 g/mol. The van der Waals surface area contributed by atoms with Crippen molar-refractivity contribution in [3.8, 4) is 0 Å². The zero-order chi connectivity index (χ0) is 23.5. The number of carbonyl (C=O) groups excluding carboxylic acids is 3. The van der Waals surface area contributed by atoms with E-state index in [4.69, 9.17) is 14.2 Å². The Balaban J connectivity index is 2.22. The van der Waals surface area contributed by atoms with E-state index in [-0.39, 0.29) is 12.8 Å². The molecule has 1 aliphatic heterocycles.